The van der Waals surface area contributed by atoms with Gasteiger partial charge in [0.1, 0.15) is 23.8 Å². The molecule has 44 heavy (non-hydrogen) atoms. The summed E-state index contributed by atoms with van der Waals surface area (Å²) in [5.41, 5.74) is 2.29. The molecule has 4 rings (SSSR count). The van der Waals surface area contributed by atoms with Crippen molar-refractivity contribution in [2.24, 2.45) is 0 Å². The molecule has 13 heteroatoms. The van der Waals surface area contributed by atoms with Gasteiger partial charge >= 0.3 is 0 Å². The minimum atomic E-state index is -4.19. The molecule has 0 atom stereocenters. The van der Waals surface area contributed by atoms with E-state index in [1.54, 1.807) is 49.4 Å². The van der Waals surface area contributed by atoms with Gasteiger partial charge in [-0.15, -0.1) is 0 Å². The minimum absolute atomic E-state index is 0.00850. The molecular formula is C31H33N3O8S2. The average molecular weight is 640 g/mol. The van der Waals surface area contributed by atoms with Crippen LogP contribution in [0.3, 0.4) is 0 Å². The van der Waals surface area contributed by atoms with Crippen molar-refractivity contribution in [3.8, 4) is 17.2 Å². The molecule has 0 bridgehead atoms. The Balaban J connectivity index is 1.58. The van der Waals surface area contributed by atoms with Gasteiger partial charge in [0.05, 0.1) is 42.5 Å². The smallest absolute Gasteiger partial charge is 0.264 e. The lowest BCUT2D eigenvalue weighted by atomic mass is 10.2. The van der Waals surface area contributed by atoms with Gasteiger partial charge in [-0.2, -0.15) is 0 Å². The van der Waals surface area contributed by atoms with Gasteiger partial charge in [0.15, 0.2) is 0 Å². The summed E-state index contributed by atoms with van der Waals surface area (Å²) in [7, 11) is -3.93. The zero-order chi connectivity index (χ0) is 32.1. The van der Waals surface area contributed by atoms with E-state index in [-0.39, 0.29) is 32.6 Å². The Kier molecular flexibility index (Phi) is 9.70. The first-order valence-corrected chi connectivity index (χ1v) is 16.2. The minimum Gasteiger partial charge on any atom is -0.497 e. The van der Waals surface area contributed by atoms with Crippen LogP contribution in [0.15, 0.2) is 94.7 Å². The maximum atomic E-state index is 13.8. The fourth-order valence-corrected chi connectivity index (χ4v) is 6.76. The molecule has 0 aliphatic heterocycles. The zero-order valence-electron chi connectivity index (χ0n) is 24.8. The van der Waals surface area contributed by atoms with Crippen LogP contribution in [0.1, 0.15) is 11.1 Å². The number of carbonyl (C=O) groups excluding carboxylic acids is 1. The predicted octanol–water partition coefficient (Wildman–Crippen LogP) is 4.96. The van der Waals surface area contributed by atoms with Crippen molar-refractivity contribution in [1.82, 2.24) is 0 Å². The fraction of sp³-hybridized carbons (Fsp3) is 0.194. The molecule has 0 fully saturated rings. The number of nitrogens with one attached hydrogen (secondary N) is 2. The van der Waals surface area contributed by atoms with Crippen molar-refractivity contribution in [1.29, 1.82) is 0 Å². The lowest BCUT2D eigenvalue weighted by Crippen LogP contribution is -2.38. The van der Waals surface area contributed by atoms with E-state index >= 15 is 0 Å². The third-order valence-corrected chi connectivity index (χ3v) is 9.75. The Morgan fingerprint density at radius 1 is 0.705 bits per heavy atom. The second-order valence-electron chi connectivity index (χ2n) is 9.74. The van der Waals surface area contributed by atoms with Crippen LogP contribution in [0.25, 0.3) is 0 Å². The van der Waals surface area contributed by atoms with Gasteiger partial charge in [-0.3, -0.25) is 13.8 Å². The Hall–Kier alpha value is -4.75. The highest BCUT2D eigenvalue weighted by atomic mass is 32.2. The number of hydrogen-bond donors (Lipinski definition) is 2. The number of hydrogen-bond acceptors (Lipinski definition) is 8. The van der Waals surface area contributed by atoms with Crippen molar-refractivity contribution in [2.75, 3.05) is 42.2 Å². The maximum Gasteiger partial charge on any atom is 0.264 e. The third-order valence-electron chi connectivity index (χ3n) is 6.60. The first kappa shape index (κ1) is 32.2. The standard InChI is InChI=1S/C31H33N3O8S2/c1-21-6-12-26(13-7-21)44(38,39)34(28-18-22(2)8-16-30(28)42-5)20-31(35)32-23-9-14-25(15-10-23)43(36,37)33-27-19-24(40-3)11-17-29(27)41-4/h6-19,33H,20H2,1-5H3,(H,32,35). The second kappa shape index (κ2) is 13.3. The molecule has 1 amide bonds. The number of methoxy groups -OCH3 is 3. The number of benzene rings is 4. The van der Waals surface area contributed by atoms with Gasteiger partial charge < -0.3 is 19.5 Å². The molecule has 0 saturated carbocycles. The number of anilines is 3. The molecule has 0 heterocycles. The third kappa shape index (κ3) is 7.24. The van der Waals surface area contributed by atoms with E-state index in [0.29, 0.717) is 11.5 Å². The Morgan fingerprint density at radius 2 is 1.30 bits per heavy atom. The number of sulfonamides is 2. The van der Waals surface area contributed by atoms with E-state index in [0.717, 1.165) is 15.4 Å². The van der Waals surface area contributed by atoms with Crippen LogP contribution in [0, 0.1) is 13.8 Å². The summed E-state index contributed by atoms with van der Waals surface area (Å²) in [6.07, 6.45) is 0. The van der Waals surface area contributed by atoms with Crippen LogP contribution in [-0.4, -0.2) is 50.6 Å². The van der Waals surface area contributed by atoms with Crippen LogP contribution in [0.2, 0.25) is 0 Å². The van der Waals surface area contributed by atoms with Crippen molar-refractivity contribution in [3.05, 3.63) is 96.1 Å². The summed E-state index contributed by atoms with van der Waals surface area (Å²) < 4.78 is 73.1. The molecule has 0 aliphatic carbocycles. The molecule has 232 valence electrons. The molecule has 0 spiro atoms. The van der Waals surface area contributed by atoms with Gasteiger partial charge in [-0.05, 0) is 80.1 Å². The number of carbonyl (C=O) groups is 1. The Bertz CT molecular complexity index is 1860. The van der Waals surface area contributed by atoms with Crippen LogP contribution < -0.4 is 28.6 Å². The number of nitrogens with zero attached hydrogens (tertiary/aromatic N) is 1. The lowest BCUT2D eigenvalue weighted by molar-refractivity contribution is -0.114. The van der Waals surface area contributed by atoms with Gasteiger partial charge in [0.25, 0.3) is 20.0 Å². The summed E-state index contributed by atoms with van der Waals surface area (Å²) in [5, 5.41) is 2.65. The van der Waals surface area contributed by atoms with E-state index in [9.17, 15) is 21.6 Å². The first-order chi connectivity index (χ1) is 20.9. The molecule has 0 saturated heterocycles. The first-order valence-electron chi connectivity index (χ1n) is 13.3. The highest BCUT2D eigenvalue weighted by Crippen LogP contribution is 2.34. The molecule has 11 nitrogen and oxygen atoms in total. The van der Waals surface area contributed by atoms with Crippen molar-refractivity contribution in [2.45, 2.75) is 23.6 Å². The van der Waals surface area contributed by atoms with Crippen LogP contribution in [-0.2, 0) is 24.8 Å². The van der Waals surface area contributed by atoms with Crippen molar-refractivity contribution in [3.63, 3.8) is 0 Å². The summed E-state index contributed by atoms with van der Waals surface area (Å²) in [6.45, 7) is 3.06. The quantitative estimate of drug-likeness (QED) is 0.222. The Labute approximate surface area is 257 Å². The highest BCUT2D eigenvalue weighted by molar-refractivity contribution is 7.93. The average Bonchev–Trinajstić information content (AvgIpc) is 3.00. The second-order valence-corrected chi connectivity index (χ2v) is 13.3. The van der Waals surface area contributed by atoms with Crippen LogP contribution in [0.4, 0.5) is 17.1 Å². The largest absolute Gasteiger partial charge is 0.497 e. The van der Waals surface area contributed by atoms with Gasteiger partial charge in [0.2, 0.25) is 5.91 Å². The Morgan fingerprint density at radius 3 is 1.91 bits per heavy atom. The molecule has 2 N–H and O–H groups in total. The van der Waals surface area contributed by atoms with E-state index in [1.807, 2.05) is 6.92 Å². The summed E-state index contributed by atoms with van der Waals surface area (Å²) >= 11 is 0. The molecular weight excluding hydrogens is 606 g/mol. The molecule has 4 aromatic carbocycles. The monoisotopic (exact) mass is 639 g/mol. The van der Waals surface area contributed by atoms with Gasteiger partial charge in [-0.25, -0.2) is 16.8 Å². The number of aryl methyl sites for hydroxylation is 2. The molecule has 0 radical (unpaired) electrons. The predicted molar refractivity (Wildman–Crippen MR) is 169 cm³/mol. The van der Waals surface area contributed by atoms with Gasteiger partial charge in [-0.1, -0.05) is 23.8 Å². The van der Waals surface area contributed by atoms with Crippen LogP contribution >= 0.6 is 0 Å². The summed E-state index contributed by atoms with van der Waals surface area (Å²) in [6, 6.07) is 21.5. The van der Waals surface area contributed by atoms with E-state index in [1.165, 1.54) is 63.8 Å². The topological polar surface area (TPSA) is 140 Å². The number of amides is 1. The van der Waals surface area contributed by atoms with Gasteiger partial charge in [0, 0.05) is 11.8 Å². The molecule has 0 aromatic heterocycles. The van der Waals surface area contributed by atoms with Crippen LogP contribution in [0.5, 0.6) is 17.2 Å². The summed E-state index contributed by atoms with van der Waals surface area (Å²) in [5.74, 6) is 0.352. The fourth-order valence-electron chi connectivity index (χ4n) is 4.28. The molecule has 0 unspecified atom stereocenters. The SMILES string of the molecule is COc1ccc(OC)c(NS(=O)(=O)c2ccc(NC(=O)CN(c3cc(C)ccc3OC)S(=O)(=O)c3ccc(C)cc3)cc2)c1. The van der Waals surface area contributed by atoms with Crippen molar-refractivity contribution < 1.29 is 35.8 Å². The maximum absolute atomic E-state index is 13.8. The molecule has 0 aliphatic rings. The number of ether oxygens (including phenoxy) is 3. The van der Waals surface area contributed by atoms with Crippen molar-refractivity contribution >= 4 is 43.0 Å². The zero-order valence-corrected chi connectivity index (χ0v) is 26.5. The van der Waals surface area contributed by atoms with E-state index in [4.69, 9.17) is 14.2 Å². The highest BCUT2D eigenvalue weighted by Gasteiger charge is 2.30. The normalized spacial score (nSPS) is 11.4. The van der Waals surface area contributed by atoms with E-state index in [2.05, 4.69) is 10.0 Å². The summed E-state index contributed by atoms with van der Waals surface area (Å²) in [4.78, 5) is 13.2. The molecule has 4 aromatic rings. The number of rotatable bonds is 12. The van der Waals surface area contributed by atoms with E-state index < -0.39 is 32.5 Å². The lowest BCUT2D eigenvalue weighted by Gasteiger charge is -2.26.